The lowest BCUT2D eigenvalue weighted by atomic mass is 9.55. The molecule has 1 saturated heterocycles. The normalized spacial score (nSPS) is 26.3. The number of aliphatic hydroxyl groups excluding tert-OH is 2. The number of nitro groups is 1. The highest BCUT2D eigenvalue weighted by atomic mass is 16.8. The first kappa shape index (κ1) is 44.7. The van der Waals surface area contributed by atoms with Crippen LogP contribution in [0, 0.1) is 27.9 Å². The number of fused-ring (bicyclic) bond motifs is 2. The molecule has 0 aromatic heterocycles. The van der Waals surface area contributed by atoms with E-state index in [0.29, 0.717) is 68.2 Å². The average Bonchev–Trinajstić information content (AvgIpc) is 3.27. The molecule has 4 aliphatic rings. The Morgan fingerprint density at radius 2 is 1.82 bits per heavy atom. The van der Waals surface area contributed by atoms with Gasteiger partial charge in [-0.05, 0) is 104 Å². The lowest BCUT2D eigenvalue weighted by molar-refractivity contribution is -0.384. The Morgan fingerprint density at radius 1 is 1.05 bits per heavy atom. The van der Waals surface area contributed by atoms with E-state index >= 15 is 0 Å². The smallest absolute Gasteiger partial charge is 0.269 e. The van der Waals surface area contributed by atoms with E-state index in [4.69, 9.17) is 28.9 Å². The van der Waals surface area contributed by atoms with Gasteiger partial charge in [0.1, 0.15) is 24.1 Å². The molecule has 2 heterocycles. The number of aliphatic hydroxyl groups is 2. The molecule has 1 saturated carbocycles. The van der Waals surface area contributed by atoms with Gasteiger partial charge in [0.05, 0.1) is 29.8 Å². The molecule has 2 aromatic carbocycles. The van der Waals surface area contributed by atoms with Crippen molar-refractivity contribution in [2.75, 3.05) is 39.6 Å². The van der Waals surface area contributed by atoms with E-state index in [-0.39, 0.29) is 55.6 Å². The van der Waals surface area contributed by atoms with Crippen LogP contribution in [0.25, 0.3) is 6.08 Å². The zero-order chi connectivity index (χ0) is 42.5. The van der Waals surface area contributed by atoms with Gasteiger partial charge in [0.2, 0.25) is 18.0 Å². The third-order valence-corrected chi connectivity index (χ3v) is 12.1. The molecule has 13 heteroatoms. The van der Waals surface area contributed by atoms with Gasteiger partial charge in [-0.3, -0.25) is 14.9 Å². The number of amides is 1. The maximum atomic E-state index is 14.7. The van der Waals surface area contributed by atoms with Crippen molar-refractivity contribution in [2.24, 2.45) is 22.9 Å². The number of nitro benzene ring substituents is 1. The molecular weight excluding hydrogens is 767 g/mol. The van der Waals surface area contributed by atoms with E-state index in [9.17, 15) is 25.1 Å². The van der Waals surface area contributed by atoms with Gasteiger partial charge in [-0.15, -0.1) is 6.58 Å². The minimum atomic E-state index is -1.40. The Morgan fingerprint density at radius 3 is 2.50 bits per heavy atom. The van der Waals surface area contributed by atoms with Gasteiger partial charge in [0, 0.05) is 62.3 Å². The quantitative estimate of drug-likeness (QED) is 0.0389. The molecule has 2 fully saturated rings. The molecular formula is C47H61N3O10. The van der Waals surface area contributed by atoms with Gasteiger partial charge in [-0.25, -0.2) is 0 Å². The van der Waals surface area contributed by atoms with Crippen LogP contribution in [0.3, 0.4) is 0 Å². The fourth-order valence-electron chi connectivity index (χ4n) is 9.44. The Balaban J connectivity index is 1.55. The van der Waals surface area contributed by atoms with Gasteiger partial charge in [-0.1, -0.05) is 49.7 Å². The topological polar surface area (TPSA) is 162 Å². The van der Waals surface area contributed by atoms with Crippen molar-refractivity contribution in [3.05, 3.63) is 107 Å². The standard InChI is InChI=1S/C47H61N3O10/c1-4-24-49(43(53)23-18-33-16-19-35(20-17-33)50(54)55)42-32-40(48-60-44-15-9-12-29-57-44)38-30-34(13-7-10-25-51)37(14-8-11-26-52)45-39-31-36(56-27-5-2)21-22-41(39)59-47(42,46(38)45)58-28-6-3/h5-6,16-23,30-31,34,37,42,44-46,51-52H,2-4,7-15,24-29,32H2,1H3. The number of unbranched alkanes of at least 4 members (excludes halogenated alkanes) is 2. The molecule has 2 aliphatic heterocycles. The van der Waals surface area contributed by atoms with E-state index in [1.807, 2.05) is 24.0 Å². The van der Waals surface area contributed by atoms with Crippen LogP contribution in [0.5, 0.6) is 11.5 Å². The van der Waals surface area contributed by atoms with Crippen LogP contribution in [0.1, 0.15) is 94.6 Å². The van der Waals surface area contributed by atoms with E-state index < -0.39 is 29.0 Å². The number of oxime groups is 1. The van der Waals surface area contributed by atoms with Crippen LogP contribution >= 0.6 is 0 Å². The number of nitrogens with zero attached hydrogens (tertiary/aromatic N) is 3. The summed E-state index contributed by atoms with van der Waals surface area (Å²) < 4.78 is 26.4. The molecule has 7 unspecified atom stereocenters. The summed E-state index contributed by atoms with van der Waals surface area (Å²) in [6, 6.07) is 11.2. The van der Waals surface area contributed by atoms with Crippen LogP contribution in [-0.4, -0.2) is 89.4 Å². The third kappa shape index (κ3) is 10.2. The Labute approximate surface area is 353 Å². The minimum Gasteiger partial charge on any atom is -0.490 e. The maximum absolute atomic E-state index is 14.7. The van der Waals surface area contributed by atoms with E-state index in [0.717, 1.165) is 49.7 Å². The zero-order valence-electron chi connectivity index (χ0n) is 34.8. The summed E-state index contributed by atoms with van der Waals surface area (Å²) in [5.41, 5.74) is 3.21. The Kier molecular flexibility index (Phi) is 16.1. The second-order valence-electron chi connectivity index (χ2n) is 16.0. The molecule has 2 aliphatic carbocycles. The number of carbonyl (C=O) groups excluding carboxylic acids is 1. The van der Waals surface area contributed by atoms with Gasteiger partial charge < -0.3 is 38.9 Å². The molecule has 60 heavy (non-hydrogen) atoms. The second kappa shape index (κ2) is 21.6. The number of non-ortho nitro benzene ring substituents is 1. The predicted molar refractivity (Wildman–Crippen MR) is 229 cm³/mol. The maximum Gasteiger partial charge on any atom is 0.269 e. The Bertz CT molecular complexity index is 1870. The molecule has 324 valence electrons. The third-order valence-electron chi connectivity index (χ3n) is 12.1. The van der Waals surface area contributed by atoms with Crippen molar-refractivity contribution >= 4 is 23.4 Å². The first-order valence-electron chi connectivity index (χ1n) is 21.6. The fraction of sp³-hybridized carbons (Fsp3) is 0.532. The van der Waals surface area contributed by atoms with E-state index in [1.54, 1.807) is 30.4 Å². The first-order chi connectivity index (χ1) is 29.3. The van der Waals surface area contributed by atoms with Gasteiger partial charge in [-0.2, -0.15) is 0 Å². The lowest BCUT2D eigenvalue weighted by Crippen LogP contribution is -2.70. The van der Waals surface area contributed by atoms with Crippen molar-refractivity contribution in [3.63, 3.8) is 0 Å². The number of carbonyl (C=O) groups is 1. The van der Waals surface area contributed by atoms with Crippen LogP contribution in [0.2, 0.25) is 0 Å². The number of hydrogen-bond acceptors (Lipinski definition) is 11. The SMILES string of the molecule is C=CCOc1ccc2c(c1)C1C(CCCCO)C(CCCCO)C=C3C(=NOC4CCCCO4)CC(N(CCC)C(=O)C=Cc4ccc([N+](=O)[O-])cc4)C(OCC=C)(O2)C31. The summed E-state index contributed by atoms with van der Waals surface area (Å²) in [4.78, 5) is 33.6. The summed E-state index contributed by atoms with van der Waals surface area (Å²) in [6.45, 7) is 11.5. The molecule has 6 rings (SSSR count). The summed E-state index contributed by atoms with van der Waals surface area (Å²) in [6.07, 6.45) is 16.5. The molecule has 0 radical (unpaired) electrons. The highest BCUT2D eigenvalue weighted by Gasteiger charge is 2.65. The second-order valence-corrected chi connectivity index (χ2v) is 16.0. The predicted octanol–water partition coefficient (Wildman–Crippen LogP) is 8.27. The summed E-state index contributed by atoms with van der Waals surface area (Å²) >= 11 is 0. The number of benzene rings is 2. The summed E-state index contributed by atoms with van der Waals surface area (Å²) in [7, 11) is 0. The summed E-state index contributed by atoms with van der Waals surface area (Å²) in [5, 5.41) is 36.0. The van der Waals surface area contributed by atoms with Gasteiger partial charge >= 0.3 is 0 Å². The van der Waals surface area contributed by atoms with Crippen LogP contribution in [0.4, 0.5) is 5.69 Å². The molecule has 0 spiro atoms. The molecule has 2 N–H and O–H groups in total. The average molecular weight is 828 g/mol. The van der Waals surface area contributed by atoms with E-state index in [1.165, 1.54) is 18.2 Å². The van der Waals surface area contributed by atoms with E-state index in [2.05, 4.69) is 25.3 Å². The molecule has 0 bridgehead atoms. The molecule has 2 aromatic rings. The number of rotatable bonds is 22. The lowest BCUT2D eigenvalue weighted by Gasteiger charge is -2.60. The Hall–Kier alpha value is -4.82. The van der Waals surface area contributed by atoms with Crippen molar-refractivity contribution in [3.8, 4) is 11.5 Å². The molecule has 1 amide bonds. The molecule has 7 atom stereocenters. The largest absolute Gasteiger partial charge is 0.490 e. The van der Waals surface area contributed by atoms with Gasteiger partial charge in [0.25, 0.3) is 5.69 Å². The van der Waals surface area contributed by atoms with Gasteiger partial charge in [0.15, 0.2) is 0 Å². The highest BCUT2D eigenvalue weighted by Crippen LogP contribution is 2.62. The van der Waals surface area contributed by atoms with Crippen molar-refractivity contribution in [1.82, 2.24) is 4.90 Å². The highest BCUT2D eigenvalue weighted by molar-refractivity contribution is 6.03. The van der Waals surface area contributed by atoms with Crippen molar-refractivity contribution in [2.45, 2.75) is 102 Å². The van der Waals surface area contributed by atoms with Crippen molar-refractivity contribution < 1.29 is 43.7 Å². The number of hydrogen-bond donors (Lipinski definition) is 2. The minimum absolute atomic E-state index is 0.0347. The monoisotopic (exact) mass is 827 g/mol. The number of allylic oxidation sites excluding steroid dienone is 1. The summed E-state index contributed by atoms with van der Waals surface area (Å²) in [5.74, 6) is -0.886. The molecule has 13 nitrogen and oxygen atoms in total. The van der Waals surface area contributed by atoms with Crippen LogP contribution in [0.15, 0.2) is 90.7 Å². The van der Waals surface area contributed by atoms with Crippen LogP contribution < -0.4 is 9.47 Å². The zero-order valence-corrected chi connectivity index (χ0v) is 34.8. The fourth-order valence-corrected chi connectivity index (χ4v) is 9.44. The van der Waals surface area contributed by atoms with Crippen molar-refractivity contribution in [1.29, 1.82) is 0 Å². The first-order valence-corrected chi connectivity index (χ1v) is 21.6. The van der Waals surface area contributed by atoms with Crippen LogP contribution in [-0.2, 0) is 19.1 Å². The number of ether oxygens (including phenoxy) is 4.